The van der Waals surface area contributed by atoms with Crippen LogP contribution in [0.15, 0.2) is 36.5 Å². The molecule has 49 heteroatoms. The highest BCUT2D eigenvalue weighted by Crippen LogP contribution is 1.91. The van der Waals surface area contributed by atoms with Gasteiger partial charge in [-0.15, -0.1) is 0 Å². The zero-order valence-electron chi connectivity index (χ0n) is 27.6. The Kier molecular flexibility index (Phi) is 120. The summed E-state index contributed by atoms with van der Waals surface area (Å²) >= 11 is 0. The molecule has 0 bridgehead atoms. The molecule has 38 N–H and O–H groups in total. The van der Waals surface area contributed by atoms with Crippen molar-refractivity contribution in [3.63, 3.8) is 0 Å². The Morgan fingerprint density at radius 3 is 0.339 bits per heavy atom. The highest BCUT2D eigenvalue weighted by Gasteiger charge is 1.96. The largest absolute Gasteiger partial charge is 0.631 e. The summed E-state index contributed by atoms with van der Waals surface area (Å²) in [5, 5.41) is 258. The van der Waals surface area contributed by atoms with Gasteiger partial charge in [-0.3, -0.25) is 0 Å². The van der Waals surface area contributed by atoms with E-state index in [2.05, 4.69) is 0 Å². The minimum absolute atomic E-state index is 0.102. The molecule has 0 spiro atoms. The quantitative estimate of drug-likeness (QED) is 0.101. The Morgan fingerprint density at radius 1 is 0.196 bits per heavy atom. The second kappa shape index (κ2) is 77.9. The van der Waals surface area contributed by atoms with E-state index in [9.17, 15) is 0 Å². The summed E-state index contributed by atoms with van der Waals surface area (Å²) in [6.45, 7) is 0. The fourth-order valence-electron chi connectivity index (χ4n) is 0.577. The molecule has 0 fully saturated rings. The fraction of sp³-hybridized carbons (Fsp3) is 0.143. The van der Waals surface area contributed by atoms with Gasteiger partial charge in [0.1, 0.15) is 0 Å². The molecule has 0 saturated heterocycles. The first-order valence-electron chi connectivity index (χ1n) is 12.0. The van der Waals surface area contributed by atoms with Gasteiger partial charge in [-0.25, -0.2) is 0 Å². The van der Waals surface area contributed by atoms with Crippen LogP contribution >= 0.6 is 0 Å². The van der Waals surface area contributed by atoms with Crippen LogP contribution in [0.1, 0.15) is 0 Å². The van der Waals surface area contributed by atoms with Gasteiger partial charge in [-0.2, -0.15) is 0 Å². The molecular formula is C7H45B12NO36. The lowest BCUT2D eigenvalue weighted by Crippen LogP contribution is -2.11. The number of allylic oxidation sites excluding steroid dienone is 4. The van der Waals surface area contributed by atoms with E-state index in [1.807, 2.05) is 36.5 Å². The Bertz CT molecular complexity index is 484. The third kappa shape index (κ3) is 2470. The Balaban J connectivity index is -0.0000000378. The summed E-state index contributed by atoms with van der Waals surface area (Å²) < 4.78 is 0. The Labute approximate surface area is 317 Å². The van der Waals surface area contributed by atoms with Crippen LogP contribution in [-0.4, -0.2) is 275 Å². The molecule has 0 aliphatic heterocycles. The monoisotopic (exact) mass is 851 g/mol. The van der Waals surface area contributed by atoms with Gasteiger partial charge in [-0.05, 0) is 0 Å². The lowest BCUT2D eigenvalue weighted by atomic mass is 10.3. The second-order valence-corrected chi connectivity index (χ2v) is 5.89. The summed E-state index contributed by atoms with van der Waals surface area (Å²) in [6.07, 6.45) is 11.7. The molecule has 0 aromatic carbocycles. The van der Waals surface area contributed by atoms with E-state index in [0.717, 1.165) is 0 Å². The molecule has 0 aromatic rings. The standard InChI is InChI=1S/C7H9N.12BH3O3/c8-7-5-3-1-2-4-6-7;12*2-1(3)4/h1-7H,8H2;12*2-4H. The van der Waals surface area contributed by atoms with Crippen LogP contribution in [0.2, 0.25) is 0 Å². The maximum atomic E-state index is 7.17. The van der Waals surface area contributed by atoms with Gasteiger partial charge in [0.05, 0.1) is 0 Å². The average molecular weight is 849 g/mol. The molecule has 0 saturated carbocycles. The molecule has 37 nitrogen and oxygen atoms in total. The van der Waals surface area contributed by atoms with Gasteiger partial charge >= 0.3 is 87.9 Å². The second-order valence-electron chi connectivity index (χ2n) is 5.89. The van der Waals surface area contributed by atoms with Gasteiger partial charge in [0.2, 0.25) is 0 Å². The third-order valence-electron chi connectivity index (χ3n) is 1.00. The molecule has 1 aliphatic carbocycles. The maximum absolute atomic E-state index is 7.17. The molecule has 0 unspecified atom stereocenters. The van der Waals surface area contributed by atoms with Gasteiger partial charge < -0.3 is 187 Å². The van der Waals surface area contributed by atoms with Gasteiger partial charge in [0, 0.05) is 6.04 Å². The molecular weight excluding hydrogens is 804 g/mol. The molecule has 0 aromatic heterocycles. The fourth-order valence-corrected chi connectivity index (χ4v) is 0.577. The van der Waals surface area contributed by atoms with E-state index < -0.39 is 87.9 Å². The van der Waals surface area contributed by atoms with E-state index in [1.165, 1.54) is 0 Å². The molecule has 0 heterocycles. The predicted molar refractivity (Wildman–Crippen MR) is 184 cm³/mol. The van der Waals surface area contributed by atoms with Crippen LogP contribution in [0, 0.1) is 0 Å². The first-order chi connectivity index (χ1) is 24.7. The summed E-state index contributed by atoms with van der Waals surface area (Å²) in [6, 6.07) is 0.102. The zero-order valence-corrected chi connectivity index (χ0v) is 27.6. The summed E-state index contributed by atoms with van der Waals surface area (Å²) in [4.78, 5) is 0. The van der Waals surface area contributed by atoms with E-state index >= 15 is 0 Å². The summed E-state index contributed by atoms with van der Waals surface area (Å²) in [5.74, 6) is 0. The van der Waals surface area contributed by atoms with Crippen molar-refractivity contribution in [3.8, 4) is 0 Å². The number of nitrogens with two attached hydrogens (primary N) is 1. The molecule has 1 aliphatic rings. The topological polar surface area (TPSA) is 754 Å². The van der Waals surface area contributed by atoms with Crippen molar-refractivity contribution in [1.29, 1.82) is 0 Å². The van der Waals surface area contributed by atoms with Gasteiger partial charge in [0.15, 0.2) is 0 Å². The van der Waals surface area contributed by atoms with Crippen molar-refractivity contribution < 1.29 is 181 Å². The van der Waals surface area contributed by atoms with Crippen molar-refractivity contribution in [1.82, 2.24) is 0 Å². The summed E-state index contributed by atoms with van der Waals surface area (Å²) in [5.41, 5.74) is 5.52. The molecule has 1 rings (SSSR count). The van der Waals surface area contributed by atoms with E-state index in [0.29, 0.717) is 0 Å². The van der Waals surface area contributed by atoms with Crippen LogP contribution in [0.25, 0.3) is 0 Å². The number of hydrogen-bond acceptors (Lipinski definition) is 37. The van der Waals surface area contributed by atoms with Crippen LogP contribution in [0.3, 0.4) is 0 Å². The van der Waals surface area contributed by atoms with Crippen molar-refractivity contribution in [2.75, 3.05) is 0 Å². The zero-order chi connectivity index (χ0) is 48.7. The van der Waals surface area contributed by atoms with E-state index in [-0.39, 0.29) is 6.04 Å². The van der Waals surface area contributed by atoms with Gasteiger partial charge in [-0.1, -0.05) is 36.5 Å². The first kappa shape index (κ1) is 86.4. The smallest absolute Gasteiger partial charge is 0.402 e. The van der Waals surface area contributed by atoms with Crippen LogP contribution in [-0.2, 0) is 0 Å². The SMILES string of the molecule is NC1C=CC=CC=C1.OB(O)O.OB(O)O.OB(O)O.OB(O)O.OB(O)O.OB(O)O.OB(O)O.OB(O)O.OB(O)O.OB(O)O.OB(O)O.OB(O)O. The van der Waals surface area contributed by atoms with Crippen molar-refractivity contribution >= 4 is 87.9 Å². The lowest BCUT2D eigenvalue weighted by molar-refractivity contribution is 0.276. The third-order valence-corrected chi connectivity index (χ3v) is 1.00. The Hall–Kier alpha value is -1.48. The van der Waals surface area contributed by atoms with Crippen LogP contribution < -0.4 is 5.73 Å². The lowest BCUT2D eigenvalue weighted by Gasteiger charge is -1.91. The van der Waals surface area contributed by atoms with Crippen molar-refractivity contribution in [3.05, 3.63) is 36.5 Å². The van der Waals surface area contributed by atoms with E-state index in [1.54, 1.807) is 0 Å². The minimum atomic E-state index is -2.17. The summed E-state index contributed by atoms with van der Waals surface area (Å²) in [7, 11) is -26.0. The van der Waals surface area contributed by atoms with Crippen LogP contribution in [0.4, 0.5) is 0 Å². The Morgan fingerprint density at radius 2 is 0.268 bits per heavy atom. The number of hydrogen-bond donors (Lipinski definition) is 37. The minimum Gasteiger partial charge on any atom is -0.402 e. The van der Waals surface area contributed by atoms with Crippen molar-refractivity contribution in [2.45, 2.75) is 6.04 Å². The highest BCUT2D eigenvalue weighted by atomic mass is 16.6. The molecule has 0 amide bonds. The van der Waals surface area contributed by atoms with Gasteiger partial charge in [0.25, 0.3) is 0 Å². The van der Waals surface area contributed by atoms with Crippen molar-refractivity contribution in [2.24, 2.45) is 5.73 Å². The molecule has 330 valence electrons. The maximum Gasteiger partial charge on any atom is 0.631 e. The molecule has 0 radical (unpaired) electrons. The highest BCUT2D eigenvalue weighted by molar-refractivity contribution is 6.33. The normalized spacial score (nSPS) is 8.52. The average Bonchev–Trinajstić information content (AvgIpc) is 3.07. The predicted octanol–water partition coefficient (Wildman–Crippen LogP) is -23.6. The van der Waals surface area contributed by atoms with E-state index in [4.69, 9.17) is 187 Å². The van der Waals surface area contributed by atoms with Crippen LogP contribution in [0.5, 0.6) is 0 Å². The number of rotatable bonds is 0. The molecule has 56 heavy (non-hydrogen) atoms. The first-order valence-corrected chi connectivity index (χ1v) is 12.0. The molecule has 0 atom stereocenters.